The van der Waals surface area contributed by atoms with Crippen molar-refractivity contribution < 1.29 is 27.5 Å². The zero-order valence-corrected chi connectivity index (χ0v) is 12.3. The monoisotopic (exact) mass is 303 g/mol. The van der Waals surface area contributed by atoms with Crippen molar-refractivity contribution >= 4 is 16.0 Å². The molecule has 1 aromatic rings. The third kappa shape index (κ3) is 2.46. The number of hydrogen-bond acceptors (Lipinski definition) is 6. The van der Waals surface area contributed by atoms with Crippen LogP contribution in [0.25, 0.3) is 0 Å². The first-order chi connectivity index (χ1) is 9.26. The Kier molecular flexibility index (Phi) is 3.66. The lowest BCUT2D eigenvalue weighted by Gasteiger charge is -2.14. The number of carbonyl (C=O) groups excluding carboxylic acids is 1. The summed E-state index contributed by atoms with van der Waals surface area (Å²) in [4.78, 5) is 11.5. The standard InChI is InChI=1S/C12H17NO6S/c1-7-9(11(15)18-3)10(8(2)19-7)20(16,17)13-12(6-14)4-5-12/h13-14H,4-6H2,1-3H3. The molecule has 0 bridgehead atoms. The van der Waals surface area contributed by atoms with Gasteiger partial charge in [-0.3, -0.25) is 0 Å². The number of ether oxygens (including phenoxy) is 1. The lowest BCUT2D eigenvalue weighted by molar-refractivity contribution is 0.0595. The molecule has 8 heteroatoms. The van der Waals surface area contributed by atoms with Gasteiger partial charge in [-0.2, -0.15) is 0 Å². The van der Waals surface area contributed by atoms with E-state index in [1.807, 2.05) is 0 Å². The molecule has 0 saturated heterocycles. The zero-order chi connectivity index (χ0) is 15.1. The van der Waals surface area contributed by atoms with Crippen LogP contribution in [0, 0.1) is 13.8 Å². The lowest BCUT2D eigenvalue weighted by atomic mass is 10.2. The molecule has 1 aromatic heterocycles. The van der Waals surface area contributed by atoms with Crippen molar-refractivity contribution in [3.05, 3.63) is 17.1 Å². The van der Waals surface area contributed by atoms with Gasteiger partial charge in [-0.1, -0.05) is 0 Å². The molecule has 1 aliphatic carbocycles. The number of esters is 1. The number of aliphatic hydroxyl groups excluding tert-OH is 1. The summed E-state index contributed by atoms with van der Waals surface area (Å²) in [5.74, 6) is -0.471. The second-order valence-corrected chi connectivity index (χ2v) is 6.57. The number of methoxy groups -OCH3 is 1. The van der Waals surface area contributed by atoms with Gasteiger partial charge in [-0.05, 0) is 26.7 Å². The smallest absolute Gasteiger partial charge is 0.342 e. The van der Waals surface area contributed by atoms with Crippen LogP contribution in [-0.2, 0) is 14.8 Å². The number of rotatable bonds is 5. The number of hydrogen-bond donors (Lipinski definition) is 2. The van der Waals surface area contributed by atoms with Crippen LogP contribution in [-0.4, -0.2) is 38.7 Å². The van der Waals surface area contributed by atoms with Crippen LogP contribution in [0.4, 0.5) is 0 Å². The van der Waals surface area contributed by atoms with Crippen molar-refractivity contribution in [2.24, 2.45) is 0 Å². The average Bonchev–Trinajstić information content (AvgIpc) is 3.06. The molecule has 7 nitrogen and oxygen atoms in total. The summed E-state index contributed by atoms with van der Waals surface area (Å²) in [5.41, 5.74) is -0.921. The van der Waals surface area contributed by atoms with Gasteiger partial charge in [0, 0.05) is 0 Å². The Morgan fingerprint density at radius 2 is 2.00 bits per heavy atom. The minimum Gasteiger partial charge on any atom is -0.465 e. The van der Waals surface area contributed by atoms with E-state index in [0.717, 1.165) is 0 Å². The maximum Gasteiger partial charge on any atom is 0.342 e. The Labute approximate surface area is 117 Å². The molecule has 0 aliphatic heterocycles. The van der Waals surface area contributed by atoms with E-state index >= 15 is 0 Å². The zero-order valence-electron chi connectivity index (χ0n) is 11.5. The maximum atomic E-state index is 12.4. The second-order valence-electron chi connectivity index (χ2n) is 4.95. The van der Waals surface area contributed by atoms with Crippen LogP contribution in [0.5, 0.6) is 0 Å². The summed E-state index contributed by atoms with van der Waals surface area (Å²) in [6.45, 7) is 2.68. The predicted octanol–water partition coefficient (Wildman–Crippen LogP) is 0.486. The molecule has 1 fully saturated rings. The van der Waals surface area contributed by atoms with Gasteiger partial charge >= 0.3 is 5.97 Å². The minimum absolute atomic E-state index is 0.105. The van der Waals surface area contributed by atoms with Crippen molar-refractivity contribution in [3.8, 4) is 0 Å². The number of aryl methyl sites for hydroxylation is 2. The van der Waals surface area contributed by atoms with Crippen molar-refractivity contribution in [1.82, 2.24) is 4.72 Å². The Hall–Kier alpha value is -1.38. The fraction of sp³-hybridized carbons (Fsp3) is 0.583. The van der Waals surface area contributed by atoms with Gasteiger partial charge in [-0.15, -0.1) is 0 Å². The van der Waals surface area contributed by atoms with Gasteiger partial charge in [0.2, 0.25) is 10.0 Å². The van der Waals surface area contributed by atoms with Crippen molar-refractivity contribution in [2.75, 3.05) is 13.7 Å². The fourth-order valence-electron chi connectivity index (χ4n) is 2.10. The topological polar surface area (TPSA) is 106 Å². The molecule has 1 aliphatic rings. The van der Waals surface area contributed by atoms with Crippen molar-refractivity contribution in [2.45, 2.75) is 37.1 Å². The molecule has 0 unspecified atom stereocenters. The largest absolute Gasteiger partial charge is 0.465 e. The highest BCUT2D eigenvalue weighted by atomic mass is 32.2. The quantitative estimate of drug-likeness (QED) is 0.767. The lowest BCUT2D eigenvalue weighted by Crippen LogP contribution is -2.40. The number of carbonyl (C=O) groups is 1. The summed E-state index contributed by atoms with van der Waals surface area (Å²) in [7, 11) is -2.80. The predicted molar refractivity (Wildman–Crippen MR) is 68.9 cm³/mol. The molecule has 2 N–H and O–H groups in total. The van der Waals surface area contributed by atoms with E-state index in [0.29, 0.717) is 12.8 Å². The molecule has 2 rings (SSSR count). The highest BCUT2D eigenvalue weighted by Gasteiger charge is 2.47. The van der Waals surface area contributed by atoms with E-state index in [9.17, 15) is 18.3 Å². The van der Waals surface area contributed by atoms with Crippen LogP contribution in [0.2, 0.25) is 0 Å². The third-order valence-electron chi connectivity index (χ3n) is 3.37. The fourth-order valence-corrected chi connectivity index (χ4v) is 3.96. The van der Waals surface area contributed by atoms with Crippen molar-refractivity contribution in [3.63, 3.8) is 0 Å². The van der Waals surface area contributed by atoms with Crippen LogP contribution in [0.3, 0.4) is 0 Å². The average molecular weight is 303 g/mol. The van der Waals surface area contributed by atoms with Crippen LogP contribution in [0.15, 0.2) is 9.31 Å². The molecule has 0 aromatic carbocycles. The van der Waals surface area contributed by atoms with Gasteiger partial charge in [0.05, 0.1) is 19.3 Å². The second kappa shape index (κ2) is 4.87. The summed E-state index contributed by atoms with van der Waals surface area (Å²) in [6, 6.07) is 0. The molecule has 0 spiro atoms. The first-order valence-electron chi connectivity index (χ1n) is 6.09. The molecule has 112 valence electrons. The Morgan fingerprint density at radius 1 is 1.40 bits per heavy atom. The number of sulfonamides is 1. The van der Waals surface area contributed by atoms with Gasteiger partial charge < -0.3 is 14.3 Å². The Morgan fingerprint density at radius 3 is 2.45 bits per heavy atom. The highest BCUT2D eigenvalue weighted by Crippen LogP contribution is 2.37. The van der Waals surface area contributed by atoms with Gasteiger partial charge in [0.1, 0.15) is 22.0 Å². The summed E-state index contributed by atoms with van der Waals surface area (Å²) in [6.07, 6.45) is 1.12. The summed E-state index contributed by atoms with van der Waals surface area (Å²) < 4.78 is 37.1. The molecular formula is C12H17NO6S. The first kappa shape index (κ1) is 15.0. The van der Waals surface area contributed by atoms with E-state index < -0.39 is 21.5 Å². The molecule has 1 saturated carbocycles. The molecule has 0 radical (unpaired) electrons. The van der Waals surface area contributed by atoms with E-state index in [1.54, 1.807) is 0 Å². The number of nitrogens with one attached hydrogen (secondary N) is 1. The highest BCUT2D eigenvalue weighted by molar-refractivity contribution is 7.89. The van der Waals surface area contributed by atoms with Gasteiger partial charge in [-0.25, -0.2) is 17.9 Å². The molecular weight excluding hydrogens is 286 g/mol. The molecule has 1 heterocycles. The van der Waals surface area contributed by atoms with Crippen LogP contribution in [0.1, 0.15) is 34.7 Å². The number of furan rings is 1. The molecule has 0 amide bonds. The van der Waals surface area contributed by atoms with E-state index in [2.05, 4.69) is 9.46 Å². The maximum absolute atomic E-state index is 12.4. The van der Waals surface area contributed by atoms with Crippen LogP contribution < -0.4 is 4.72 Å². The first-order valence-corrected chi connectivity index (χ1v) is 7.58. The van der Waals surface area contributed by atoms with Crippen LogP contribution >= 0.6 is 0 Å². The van der Waals surface area contributed by atoms with E-state index in [4.69, 9.17) is 4.42 Å². The summed E-state index contributed by atoms with van der Waals surface area (Å²) >= 11 is 0. The summed E-state index contributed by atoms with van der Waals surface area (Å²) in [5, 5.41) is 9.22. The number of aliphatic hydroxyl groups is 1. The van der Waals surface area contributed by atoms with Crippen molar-refractivity contribution in [1.29, 1.82) is 0 Å². The Bertz CT molecular complexity index is 641. The SMILES string of the molecule is COC(=O)c1c(C)oc(C)c1S(=O)(=O)NC1(CO)CC1. The van der Waals surface area contributed by atoms with Gasteiger partial charge in [0.25, 0.3) is 0 Å². The minimum atomic E-state index is -3.97. The van der Waals surface area contributed by atoms with E-state index in [1.165, 1.54) is 21.0 Å². The normalized spacial score (nSPS) is 17.0. The third-order valence-corrected chi connectivity index (χ3v) is 5.10. The molecule has 20 heavy (non-hydrogen) atoms. The van der Waals surface area contributed by atoms with E-state index in [-0.39, 0.29) is 28.6 Å². The molecule has 0 atom stereocenters. The Balaban J connectivity index is 2.49. The van der Waals surface area contributed by atoms with Gasteiger partial charge in [0.15, 0.2) is 0 Å².